The SMILES string of the molecule is Nc1ncnc2c1c(-c1ccc(Oc3ccccc3)cc1)nn2C1CCCN(C(=O)c2cnc(N3CCC(CN4CCN(C(=O)O)CC4)CC3)o2)C1. The van der Waals surface area contributed by atoms with Crippen molar-refractivity contribution in [2.75, 3.05) is 69.5 Å². The maximum atomic E-state index is 13.8. The second-order valence-corrected chi connectivity index (χ2v) is 13.7. The van der Waals surface area contributed by atoms with Crippen LogP contribution in [-0.2, 0) is 0 Å². The molecule has 8 rings (SSSR count). The first-order chi connectivity index (χ1) is 25.4. The summed E-state index contributed by atoms with van der Waals surface area (Å²) in [7, 11) is 0. The molecule has 2 amide bonds. The average molecular weight is 707 g/mol. The zero-order valence-electron chi connectivity index (χ0n) is 28.9. The van der Waals surface area contributed by atoms with Crippen molar-refractivity contribution in [2.45, 2.75) is 31.7 Å². The summed E-state index contributed by atoms with van der Waals surface area (Å²) in [6.45, 7) is 6.25. The zero-order chi connectivity index (χ0) is 35.6. The molecule has 0 bridgehead atoms. The fourth-order valence-corrected chi connectivity index (χ4v) is 7.56. The largest absolute Gasteiger partial charge is 0.465 e. The van der Waals surface area contributed by atoms with Crippen LogP contribution in [0.2, 0.25) is 0 Å². The Morgan fingerprint density at radius 3 is 2.37 bits per heavy atom. The van der Waals surface area contributed by atoms with Crippen LogP contribution >= 0.6 is 0 Å². The van der Waals surface area contributed by atoms with Gasteiger partial charge in [0.05, 0.1) is 17.6 Å². The normalized spacial score (nSPS) is 18.9. The maximum absolute atomic E-state index is 13.8. The number of likely N-dealkylation sites (tertiary alicyclic amines) is 1. The van der Waals surface area contributed by atoms with E-state index in [4.69, 9.17) is 20.0 Å². The lowest BCUT2D eigenvalue weighted by atomic mass is 9.96. The molecule has 0 radical (unpaired) electrons. The van der Waals surface area contributed by atoms with Crippen LogP contribution in [0.3, 0.4) is 0 Å². The summed E-state index contributed by atoms with van der Waals surface area (Å²) >= 11 is 0. The van der Waals surface area contributed by atoms with Gasteiger partial charge >= 0.3 is 6.09 Å². The number of para-hydroxylation sites is 1. The predicted molar refractivity (Wildman–Crippen MR) is 193 cm³/mol. The summed E-state index contributed by atoms with van der Waals surface area (Å²) in [5.41, 5.74) is 8.56. The molecule has 3 aromatic heterocycles. The predicted octanol–water partition coefficient (Wildman–Crippen LogP) is 4.85. The lowest BCUT2D eigenvalue weighted by Crippen LogP contribution is -2.50. The van der Waals surface area contributed by atoms with E-state index < -0.39 is 6.09 Å². The van der Waals surface area contributed by atoms with Gasteiger partial charge in [0.2, 0.25) is 5.76 Å². The highest BCUT2D eigenvalue weighted by Gasteiger charge is 2.32. The number of anilines is 2. The Morgan fingerprint density at radius 1 is 0.865 bits per heavy atom. The zero-order valence-corrected chi connectivity index (χ0v) is 28.9. The second-order valence-electron chi connectivity index (χ2n) is 13.7. The molecule has 3 aliphatic rings. The monoisotopic (exact) mass is 706 g/mol. The van der Waals surface area contributed by atoms with Crippen LogP contribution in [0.1, 0.15) is 42.3 Å². The molecule has 270 valence electrons. The molecule has 1 unspecified atom stereocenters. The maximum Gasteiger partial charge on any atom is 0.407 e. The molecule has 15 nitrogen and oxygen atoms in total. The molecule has 3 fully saturated rings. The van der Waals surface area contributed by atoms with Gasteiger partial charge in [0, 0.05) is 64.5 Å². The van der Waals surface area contributed by atoms with Crippen molar-refractivity contribution in [3.05, 3.63) is 72.9 Å². The molecular formula is C37H42N10O5. The van der Waals surface area contributed by atoms with Crippen LogP contribution in [-0.4, -0.2) is 115 Å². The first kappa shape index (κ1) is 33.4. The number of carbonyl (C=O) groups is 2. The second kappa shape index (κ2) is 14.5. The van der Waals surface area contributed by atoms with Crippen molar-refractivity contribution in [2.24, 2.45) is 5.92 Å². The van der Waals surface area contributed by atoms with Crippen LogP contribution in [0.15, 0.2) is 71.5 Å². The number of nitrogens with zero attached hydrogens (tertiary/aromatic N) is 9. The number of carboxylic acid groups (broad SMARTS) is 1. The van der Waals surface area contributed by atoms with Gasteiger partial charge in [-0.25, -0.2) is 24.4 Å². The molecule has 0 spiro atoms. The van der Waals surface area contributed by atoms with Gasteiger partial charge in [0.1, 0.15) is 29.3 Å². The van der Waals surface area contributed by atoms with Gasteiger partial charge in [-0.15, -0.1) is 0 Å². The van der Waals surface area contributed by atoms with Gasteiger partial charge < -0.3 is 34.7 Å². The number of nitrogens with two attached hydrogens (primary N) is 1. The molecule has 1 atom stereocenters. The average Bonchev–Trinajstić information content (AvgIpc) is 3.83. The molecule has 3 N–H and O–H groups in total. The summed E-state index contributed by atoms with van der Waals surface area (Å²) in [5.74, 6) is 2.36. The molecule has 0 aliphatic carbocycles. The number of amides is 2. The van der Waals surface area contributed by atoms with E-state index >= 15 is 0 Å². The van der Waals surface area contributed by atoms with E-state index in [-0.39, 0.29) is 17.7 Å². The van der Waals surface area contributed by atoms with Crippen LogP contribution in [0.4, 0.5) is 16.6 Å². The van der Waals surface area contributed by atoms with Gasteiger partial charge in [-0.3, -0.25) is 9.69 Å². The van der Waals surface area contributed by atoms with Crippen molar-refractivity contribution in [1.29, 1.82) is 0 Å². The molecule has 3 saturated heterocycles. The fraction of sp³-hybridized carbons (Fsp3) is 0.405. The molecule has 2 aromatic carbocycles. The van der Waals surface area contributed by atoms with Gasteiger partial charge in [0.25, 0.3) is 11.9 Å². The minimum atomic E-state index is -0.841. The summed E-state index contributed by atoms with van der Waals surface area (Å²) < 4.78 is 13.9. The number of carbonyl (C=O) groups excluding carboxylic acids is 1. The molecule has 5 aromatic rings. The Hall–Kier alpha value is -5.70. The van der Waals surface area contributed by atoms with Crippen molar-refractivity contribution in [3.8, 4) is 22.8 Å². The van der Waals surface area contributed by atoms with Crippen LogP contribution in [0, 0.1) is 5.92 Å². The van der Waals surface area contributed by atoms with Crippen LogP contribution < -0.4 is 15.4 Å². The van der Waals surface area contributed by atoms with Crippen LogP contribution in [0.25, 0.3) is 22.3 Å². The summed E-state index contributed by atoms with van der Waals surface area (Å²) in [4.78, 5) is 46.1. The highest BCUT2D eigenvalue weighted by molar-refractivity contribution is 5.98. The number of rotatable bonds is 8. The summed E-state index contributed by atoms with van der Waals surface area (Å²) in [6.07, 6.45) is 5.72. The van der Waals surface area contributed by atoms with E-state index in [1.807, 2.05) is 64.2 Å². The number of nitrogen functional groups attached to an aromatic ring is 1. The lowest BCUT2D eigenvalue weighted by Gasteiger charge is -2.37. The molecule has 52 heavy (non-hydrogen) atoms. The molecular weight excluding hydrogens is 664 g/mol. The number of oxazole rings is 1. The Morgan fingerprint density at radius 2 is 1.62 bits per heavy atom. The number of piperidine rings is 2. The summed E-state index contributed by atoms with van der Waals surface area (Å²) in [6, 6.07) is 17.6. The van der Waals surface area contributed by atoms with E-state index in [1.54, 1.807) is 0 Å². The minimum absolute atomic E-state index is 0.127. The third kappa shape index (κ3) is 6.95. The number of hydrogen-bond acceptors (Lipinski definition) is 11. The fourth-order valence-electron chi connectivity index (χ4n) is 7.56. The van der Waals surface area contributed by atoms with Gasteiger partial charge in [-0.2, -0.15) is 5.10 Å². The highest BCUT2D eigenvalue weighted by Crippen LogP contribution is 2.35. The first-order valence-corrected chi connectivity index (χ1v) is 17.9. The molecule has 3 aliphatic heterocycles. The van der Waals surface area contributed by atoms with E-state index in [0.29, 0.717) is 66.4 Å². The quantitative estimate of drug-likeness (QED) is 0.225. The Labute approximate surface area is 300 Å². The number of ether oxygens (including phenoxy) is 1. The Bertz CT molecular complexity index is 2020. The standard InChI is InChI=1S/C37H42N10O5/c38-33-31-32(26-8-10-29(11-9-26)51-28-6-2-1-3-7-28)42-47(34(31)41-24-40-33)27-5-4-14-46(23-27)35(48)30-21-39-36(52-30)44-15-12-25(13-16-44)22-43-17-19-45(20-18-43)37(49)50/h1-3,6-11,21,24-25,27H,4-5,12-20,22-23H2,(H,49,50)(H2,38,40,41). The molecule has 6 heterocycles. The van der Waals surface area contributed by atoms with E-state index in [0.717, 1.165) is 69.7 Å². The van der Waals surface area contributed by atoms with E-state index in [2.05, 4.69) is 24.8 Å². The number of piperazine rings is 1. The third-order valence-corrected chi connectivity index (χ3v) is 10.4. The Balaban J connectivity index is 0.916. The van der Waals surface area contributed by atoms with Gasteiger partial charge in [-0.1, -0.05) is 18.2 Å². The topological polar surface area (TPSA) is 172 Å². The lowest BCUT2D eigenvalue weighted by molar-refractivity contribution is 0.0643. The number of benzene rings is 2. The first-order valence-electron chi connectivity index (χ1n) is 17.9. The van der Waals surface area contributed by atoms with Crippen LogP contribution in [0.5, 0.6) is 11.5 Å². The Kier molecular flexibility index (Phi) is 9.33. The number of aromatic nitrogens is 5. The van der Waals surface area contributed by atoms with E-state index in [1.165, 1.54) is 17.4 Å². The molecule has 15 heteroatoms. The number of hydrogen-bond donors (Lipinski definition) is 2. The molecule has 0 saturated carbocycles. The number of fused-ring (bicyclic) bond motifs is 1. The van der Waals surface area contributed by atoms with Crippen molar-refractivity contribution < 1.29 is 23.8 Å². The minimum Gasteiger partial charge on any atom is -0.465 e. The van der Waals surface area contributed by atoms with Gasteiger partial charge in [-0.05, 0) is 68.0 Å². The highest BCUT2D eigenvalue weighted by atomic mass is 16.5. The third-order valence-electron chi connectivity index (χ3n) is 10.4. The van der Waals surface area contributed by atoms with Crippen molar-refractivity contribution in [1.82, 2.24) is 39.4 Å². The summed E-state index contributed by atoms with van der Waals surface area (Å²) in [5, 5.41) is 14.9. The van der Waals surface area contributed by atoms with Crippen molar-refractivity contribution in [3.63, 3.8) is 0 Å². The van der Waals surface area contributed by atoms with Crippen molar-refractivity contribution >= 4 is 34.9 Å². The van der Waals surface area contributed by atoms with Gasteiger partial charge in [0.15, 0.2) is 5.65 Å². The smallest absolute Gasteiger partial charge is 0.407 e. The van der Waals surface area contributed by atoms with E-state index in [9.17, 15) is 14.7 Å².